The summed E-state index contributed by atoms with van der Waals surface area (Å²) in [4.78, 5) is 12.2. The third-order valence-corrected chi connectivity index (χ3v) is 5.23. The zero-order valence-corrected chi connectivity index (χ0v) is 11.9. The molecule has 110 valence electrons. The van der Waals surface area contributed by atoms with E-state index < -0.39 is 21.7 Å². The number of carbonyl (C=O) groups excluding carboxylic acids is 1. The average molecular weight is 308 g/mol. The van der Waals surface area contributed by atoms with Crippen molar-refractivity contribution in [2.24, 2.45) is 0 Å². The standard InChI is InChI=1S/C14H13FN2O3S/c15-12-10-11(4-5-13(12)16-6-1-2-7-16)14(18)17-8-3-9-21(17,19)20/h1-2,4-7,10H,3,8-9H2. The summed E-state index contributed by atoms with van der Waals surface area (Å²) in [5.41, 5.74) is 0.342. The van der Waals surface area contributed by atoms with Gasteiger partial charge in [0.05, 0.1) is 11.4 Å². The third kappa shape index (κ3) is 2.44. The predicted octanol–water partition coefficient (Wildman–Crippen LogP) is 1.79. The first-order valence-electron chi connectivity index (χ1n) is 6.47. The number of amides is 1. The summed E-state index contributed by atoms with van der Waals surface area (Å²) >= 11 is 0. The molecule has 0 radical (unpaired) electrons. The molecule has 1 saturated heterocycles. The largest absolute Gasteiger partial charge is 0.321 e. The number of nitrogens with zero attached hydrogens (tertiary/aromatic N) is 2. The van der Waals surface area contributed by atoms with Gasteiger partial charge in [0.25, 0.3) is 5.91 Å². The molecular weight excluding hydrogens is 295 g/mol. The maximum absolute atomic E-state index is 14.1. The number of carbonyl (C=O) groups is 1. The summed E-state index contributed by atoms with van der Waals surface area (Å²) in [6.07, 6.45) is 3.79. The highest BCUT2D eigenvalue weighted by Crippen LogP contribution is 2.20. The Hall–Kier alpha value is -2.15. The van der Waals surface area contributed by atoms with E-state index in [1.165, 1.54) is 12.1 Å². The van der Waals surface area contributed by atoms with Crippen molar-refractivity contribution in [1.82, 2.24) is 8.87 Å². The number of rotatable bonds is 2. The van der Waals surface area contributed by atoms with Gasteiger partial charge in [-0.05, 0) is 36.8 Å². The van der Waals surface area contributed by atoms with Crippen LogP contribution >= 0.6 is 0 Å². The zero-order chi connectivity index (χ0) is 15.0. The smallest absolute Gasteiger partial charge is 0.267 e. The molecule has 1 aliphatic rings. The van der Waals surface area contributed by atoms with E-state index in [2.05, 4.69) is 0 Å². The Bertz CT molecular complexity index is 785. The Labute approximate surface area is 121 Å². The molecule has 2 aromatic rings. The van der Waals surface area contributed by atoms with Crippen molar-refractivity contribution in [2.75, 3.05) is 12.3 Å². The van der Waals surface area contributed by atoms with Gasteiger partial charge in [-0.2, -0.15) is 0 Å². The first-order valence-corrected chi connectivity index (χ1v) is 8.07. The van der Waals surface area contributed by atoms with Gasteiger partial charge in [0, 0.05) is 24.5 Å². The summed E-state index contributed by atoms with van der Waals surface area (Å²) in [7, 11) is -3.54. The van der Waals surface area contributed by atoms with Crippen LogP contribution in [0, 0.1) is 5.82 Å². The van der Waals surface area contributed by atoms with Crippen LogP contribution in [0.1, 0.15) is 16.8 Å². The fourth-order valence-electron chi connectivity index (χ4n) is 2.36. The summed E-state index contributed by atoms with van der Waals surface area (Å²) in [5, 5.41) is 0. The van der Waals surface area contributed by atoms with E-state index >= 15 is 0 Å². The van der Waals surface area contributed by atoms with Crippen LogP contribution in [0.5, 0.6) is 0 Å². The fraction of sp³-hybridized carbons (Fsp3) is 0.214. The van der Waals surface area contributed by atoms with Gasteiger partial charge in [0.1, 0.15) is 5.82 Å². The molecule has 1 fully saturated rings. The van der Waals surface area contributed by atoms with Crippen LogP contribution in [0.25, 0.3) is 5.69 Å². The molecule has 0 spiro atoms. The molecule has 0 atom stereocenters. The summed E-state index contributed by atoms with van der Waals surface area (Å²) in [5.74, 6) is -1.29. The molecule has 1 amide bonds. The molecule has 3 rings (SSSR count). The molecule has 21 heavy (non-hydrogen) atoms. The van der Waals surface area contributed by atoms with Crippen LogP contribution in [0.3, 0.4) is 0 Å². The van der Waals surface area contributed by atoms with Crippen molar-refractivity contribution < 1.29 is 17.6 Å². The van der Waals surface area contributed by atoms with E-state index in [-0.39, 0.29) is 17.9 Å². The number of benzene rings is 1. The first-order chi connectivity index (χ1) is 9.99. The predicted molar refractivity (Wildman–Crippen MR) is 75.2 cm³/mol. The molecule has 5 nitrogen and oxygen atoms in total. The maximum Gasteiger partial charge on any atom is 0.267 e. The minimum Gasteiger partial charge on any atom is -0.321 e. The lowest BCUT2D eigenvalue weighted by Crippen LogP contribution is -2.32. The second kappa shape index (κ2) is 5.00. The topological polar surface area (TPSA) is 59.4 Å². The number of sulfonamides is 1. The quantitative estimate of drug-likeness (QED) is 0.850. The fourth-order valence-corrected chi connectivity index (χ4v) is 3.84. The number of halogens is 1. The normalized spacial score (nSPS) is 17.1. The Morgan fingerprint density at radius 1 is 1.19 bits per heavy atom. The second-order valence-corrected chi connectivity index (χ2v) is 6.82. The third-order valence-electron chi connectivity index (χ3n) is 3.40. The molecule has 0 bridgehead atoms. The van der Waals surface area contributed by atoms with Crippen LogP contribution in [0.4, 0.5) is 4.39 Å². The van der Waals surface area contributed by atoms with Crippen molar-refractivity contribution in [2.45, 2.75) is 6.42 Å². The molecule has 0 saturated carbocycles. The minimum atomic E-state index is -3.54. The molecular formula is C14H13FN2O3S. The van der Waals surface area contributed by atoms with Crippen LogP contribution in [-0.4, -0.2) is 35.5 Å². The lowest BCUT2D eigenvalue weighted by atomic mass is 10.2. The van der Waals surface area contributed by atoms with Gasteiger partial charge in [-0.1, -0.05) is 0 Å². The summed E-state index contributed by atoms with van der Waals surface area (Å²) < 4.78 is 40.0. The molecule has 7 heteroatoms. The lowest BCUT2D eigenvalue weighted by Gasteiger charge is -2.15. The second-order valence-electron chi connectivity index (χ2n) is 4.80. The van der Waals surface area contributed by atoms with E-state index in [1.807, 2.05) is 0 Å². The zero-order valence-electron chi connectivity index (χ0n) is 11.1. The van der Waals surface area contributed by atoms with Gasteiger partial charge in [-0.3, -0.25) is 4.79 Å². The highest BCUT2D eigenvalue weighted by Gasteiger charge is 2.33. The van der Waals surface area contributed by atoms with Crippen molar-refractivity contribution in [3.63, 3.8) is 0 Å². The SMILES string of the molecule is O=C(c1ccc(-n2cccc2)c(F)c1)N1CCCS1(=O)=O. The molecule has 1 aromatic carbocycles. The van der Waals surface area contributed by atoms with Gasteiger partial charge in [0.15, 0.2) is 0 Å². The molecule has 0 N–H and O–H groups in total. The molecule has 2 heterocycles. The first kappa shape index (κ1) is 13.8. The van der Waals surface area contributed by atoms with Crippen LogP contribution in [-0.2, 0) is 10.0 Å². The number of hydrogen-bond acceptors (Lipinski definition) is 3. The summed E-state index contributed by atoms with van der Waals surface area (Å²) in [6, 6.07) is 7.50. The van der Waals surface area contributed by atoms with E-state index in [0.717, 1.165) is 10.4 Å². The van der Waals surface area contributed by atoms with Gasteiger partial charge < -0.3 is 4.57 Å². The van der Waals surface area contributed by atoms with E-state index in [9.17, 15) is 17.6 Å². The monoisotopic (exact) mass is 308 g/mol. The van der Waals surface area contributed by atoms with Crippen molar-refractivity contribution in [3.8, 4) is 5.69 Å². The maximum atomic E-state index is 14.1. The Kier molecular flexibility index (Phi) is 3.29. The van der Waals surface area contributed by atoms with E-state index in [1.54, 1.807) is 29.1 Å². The minimum absolute atomic E-state index is 0.0360. The molecule has 0 aliphatic carbocycles. The number of hydrogen-bond donors (Lipinski definition) is 0. The van der Waals surface area contributed by atoms with Crippen LogP contribution in [0.2, 0.25) is 0 Å². The molecule has 0 unspecified atom stereocenters. The average Bonchev–Trinajstić information content (AvgIpc) is 3.07. The van der Waals surface area contributed by atoms with Crippen molar-refractivity contribution in [3.05, 3.63) is 54.1 Å². The van der Waals surface area contributed by atoms with Gasteiger partial charge >= 0.3 is 0 Å². The Morgan fingerprint density at radius 2 is 1.90 bits per heavy atom. The van der Waals surface area contributed by atoms with Crippen molar-refractivity contribution in [1.29, 1.82) is 0 Å². The summed E-state index contributed by atoms with van der Waals surface area (Å²) in [6.45, 7) is 0.155. The highest BCUT2D eigenvalue weighted by molar-refractivity contribution is 7.89. The molecule has 1 aliphatic heterocycles. The van der Waals surface area contributed by atoms with Gasteiger partial charge in [-0.25, -0.2) is 17.1 Å². The van der Waals surface area contributed by atoms with Crippen LogP contribution in [0.15, 0.2) is 42.7 Å². The lowest BCUT2D eigenvalue weighted by molar-refractivity contribution is 0.0869. The Morgan fingerprint density at radius 3 is 2.48 bits per heavy atom. The van der Waals surface area contributed by atoms with Gasteiger partial charge in [0.2, 0.25) is 10.0 Å². The molecule has 1 aromatic heterocycles. The van der Waals surface area contributed by atoms with E-state index in [4.69, 9.17) is 0 Å². The van der Waals surface area contributed by atoms with Crippen LogP contribution < -0.4 is 0 Å². The van der Waals surface area contributed by atoms with E-state index in [0.29, 0.717) is 12.1 Å². The number of aromatic nitrogens is 1. The highest BCUT2D eigenvalue weighted by atomic mass is 32.2. The van der Waals surface area contributed by atoms with Gasteiger partial charge in [-0.15, -0.1) is 0 Å². The van der Waals surface area contributed by atoms with Crippen molar-refractivity contribution >= 4 is 15.9 Å². The Balaban J connectivity index is 1.94.